The fourth-order valence-electron chi connectivity index (χ4n) is 7.06. The van der Waals surface area contributed by atoms with Crippen LogP contribution >= 0.6 is 0 Å². The third kappa shape index (κ3) is 4.50. The highest BCUT2D eigenvalue weighted by atomic mass is 16.5. The van der Waals surface area contributed by atoms with Crippen LogP contribution in [0.3, 0.4) is 0 Å². The van der Waals surface area contributed by atoms with Crippen molar-refractivity contribution in [3.63, 3.8) is 0 Å². The van der Waals surface area contributed by atoms with Crippen molar-refractivity contribution in [1.82, 2.24) is 0 Å². The molecule has 43 heavy (non-hydrogen) atoms. The van der Waals surface area contributed by atoms with Gasteiger partial charge in [-0.2, -0.15) is 0 Å². The Morgan fingerprint density at radius 1 is 0.930 bits per heavy atom. The molecule has 2 unspecified atom stereocenters. The molecule has 0 bridgehead atoms. The Morgan fingerprint density at radius 2 is 1.53 bits per heavy atom. The van der Waals surface area contributed by atoms with Crippen LogP contribution in [-0.4, -0.2) is 20.2 Å². The van der Waals surface area contributed by atoms with Gasteiger partial charge in [-0.05, 0) is 80.2 Å². The second kappa shape index (κ2) is 11.1. The minimum absolute atomic E-state index is 0.162. The van der Waals surface area contributed by atoms with Crippen molar-refractivity contribution in [2.24, 2.45) is 0 Å². The molecule has 2 aromatic carbocycles. The number of carbonyl (C=O) groups is 1. The van der Waals surface area contributed by atoms with Crippen molar-refractivity contribution >= 4 is 40.1 Å². The molecule has 0 radical (unpaired) electrons. The maximum atomic E-state index is 12.8. The minimum Gasteiger partial charge on any atom is -0.492 e. The van der Waals surface area contributed by atoms with Crippen LogP contribution in [0.5, 0.6) is 11.5 Å². The summed E-state index contributed by atoms with van der Waals surface area (Å²) < 4.78 is 30.7. The van der Waals surface area contributed by atoms with E-state index >= 15 is 0 Å². The molecule has 2 aromatic heterocycles. The summed E-state index contributed by atoms with van der Waals surface area (Å²) in [6.07, 6.45) is 14.7. The monoisotopic (exact) mass is 580 g/mol. The molecular weight excluding hydrogens is 540 g/mol. The van der Waals surface area contributed by atoms with E-state index in [1.807, 2.05) is 13.2 Å². The van der Waals surface area contributed by atoms with E-state index in [2.05, 4.69) is 52.0 Å². The standard InChI is InChI=1S/C37H40O6/c1-9-19(2)37(38)42-18-27-30-21(4)13-11-15-25(30)34(40-8)36-32(27)23(6)28(43-36)16-26-29-20(3)12-10-14-24(29)33(39-7)35-31(26)22(5)17-41-35/h9-11,14-15,17,20-21H,12-13,16,18H2,1-8H3. The molecule has 0 amide bonds. The molecule has 2 aliphatic rings. The van der Waals surface area contributed by atoms with Crippen LogP contribution in [0.2, 0.25) is 0 Å². The molecule has 0 N–H and O–H groups in total. The van der Waals surface area contributed by atoms with Crippen molar-refractivity contribution in [2.75, 3.05) is 14.2 Å². The second-order valence-electron chi connectivity index (χ2n) is 12.0. The fourth-order valence-corrected chi connectivity index (χ4v) is 7.06. The maximum absolute atomic E-state index is 12.8. The lowest BCUT2D eigenvalue weighted by Crippen LogP contribution is -2.12. The molecule has 2 heterocycles. The summed E-state index contributed by atoms with van der Waals surface area (Å²) in [4.78, 5) is 12.8. The first-order valence-corrected chi connectivity index (χ1v) is 15.1. The van der Waals surface area contributed by atoms with E-state index in [1.54, 1.807) is 27.2 Å². The smallest absolute Gasteiger partial charge is 0.333 e. The molecule has 0 fully saturated rings. The first kappa shape index (κ1) is 28.9. The number of esters is 1. The number of benzene rings is 2. The predicted octanol–water partition coefficient (Wildman–Crippen LogP) is 9.45. The van der Waals surface area contributed by atoms with Crippen molar-refractivity contribution in [1.29, 1.82) is 0 Å². The van der Waals surface area contributed by atoms with Gasteiger partial charge in [-0.1, -0.05) is 44.2 Å². The van der Waals surface area contributed by atoms with E-state index in [-0.39, 0.29) is 18.5 Å². The van der Waals surface area contributed by atoms with E-state index in [0.717, 1.165) is 79.8 Å². The topological polar surface area (TPSA) is 71.0 Å². The third-order valence-corrected chi connectivity index (χ3v) is 9.34. The third-order valence-electron chi connectivity index (χ3n) is 9.34. The number of ether oxygens (including phenoxy) is 3. The van der Waals surface area contributed by atoms with Crippen LogP contribution in [0.4, 0.5) is 0 Å². The predicted molar refractivity (Wildman–Crippen MR) is 171 cm³/mol. The minimum atomic E-state index is -0.315. The molecule has 4 aromatic rings. The zero-order valence-electron chi connectivity index (χ0n) is 26.4. The van der Waals surface area contributed by atoms with Gasteiger partial charge in [-0.15, -0.1) is 0 Å². The number of allylic oxidation sites excluding steroid dienone is 3. The number of carbonyl (C=O) groups excluding carboxylic acids is 1. The van der Waals surface area contributed by atoms with Gasteiger partial charge in [0, 0.05) is 39.5 Å². The fraction of sp³-hybridized carbons (Fsp3) is 0.378. The van der Waals surface area contributed by atoms with Gasteiger partial charge in [0.2, 0.25) is 0 Å². The Bertz CT molecular complexity index is 1860. The van der Waals surface area contributed by atoms with E-state index in [9.17, 15) is 4.79 Å². The number of fused-ring (bicyclic) bond motifs is 4. The highest BCUT2D eigenvalue weighted by molar-refractivity contribution is 5.98. The highest BCUT2D eigenvalue weighted by Crippen LogP contribution is 2.49. The number of hydrogen-bond acceptors (Lipinski definition) is 6. The molecule has 0 spiro atoms. The van der Waals surface area contributed by atoms with Gasteiger partial charge in [-0.3, -0.25) is 0 Å². The second-order valence-corrected chi connectivity index (χ2v) is 12.0. The van der Waals surface area contributed by atoms with Crippen LogP contribution in [0.1, 0.15) is 103 Å². The average Bonchev–Trinajstić information content (AvgIpc) is 3.54. The molecule has 6 nitrogen and oxygen atoms in total. The Labute approximate surface area is 253 Å². The number of rotatable bonds is 7. The lowest BCUT2D eigenvalue weighted by molar-refractivity contribution is -0.140. The van der Waals surface area contributed by atoms with Crippen LogP contribution in [0.25, 0.3) is 34.1 Å². The van der Waals surface area contributed by atoms with Crippen molar-refractivity contribution < 1.29 is 27.8 Å². The van der Waals surface area contributed by atoms with E-state index in [0.29, 0.717) is 23.5 Å². The van der Waals surface area contributed by atoms with Crippen LogP contribution in [0, 0.1) is 13.8 Å². The van der Waals surface area contributed by atoms with Gasteiger partial charge in [-0.25, -0.2) is 4.79 Å². The van der Waals surface area contributed by atoms with Gasteiger partial charge in [0.1, 0.15) is 12.4 Å². The van der Waals surface area contributed by atoms with Gasteiger partial charge < -0.3 is 23.0 Å². The van der Waals surface area contributed by atoms with Crippen LogP contribution < -0.4 is 9.47 Å². The molecule has 0 saturated heterocycles. The number of hydrogen-bond donors (Lipinski definition) is 0. The molecule has 224 valence electrons. The molecule has 6 rings (SSSR count). The molecule has 0 aliphatic heterocycles. The van der Waals surface area contributed by atoms with Crippen LogP contribution in [0.15, 0.2) is 38.9 Å². The number of furan rings is 2. The Kier molecular flexibility index (Phi) is 7.49. The largest absolute Gasteiger partial charge is 0.492 e. The van der Waals surface area contributed by atoms with Crippen molar-refractivity contribution in [2.45, 2.75) is 79.2 Å². The summed E-state index contributed by atoms with van der Waals surface area (Å²) in [6.45, 7) is 12.5. The van der Waals surface area contributed by atoms with Gasteiger partial charge in [0.15, 0.2) is 22.7 Å². The molecule has 2 aliphatic carbocycles. The van der Waals surface area contributed by atoms with Gasteiger partial charge >= 0.3 is 5.97 Å². The van der Waals surface area contributed by atoms with E-state index in [1.165, 1.54) is 11.1 Å². The molecule has 2 atom stereocenters. The Hall–Kier alpha value is -4.19. The highest BCUT2D eigenvalue weighted by Gasteiger charge is 2.32. The summed E-state index contributed by atoms with van der Waals surface area (Å²) in [5, 5.41) is 2.05. The van der Waals surface area contributed by atoms with Crippen molar-refractivity contribution in [3.05, 3.63) is 80.3 Å². The first-order valence-electron chi connectivity index (χ1n) is 15.1. The zero-order valence-corrected chi connectivity index (χ0v) is 26.4. The Balaban J connectivity index is 1.60. The number of methoxy groups -OCH3 is 2. The van der Waals surface area contributed by atoms with E-state index < -0.39 is 0 Å². The van der Waals surface area contributed by atoms with E-state index in [4.69, 9.17) is 23.0 Å². The molecule has 6 heteroatoms. The lowest BCUT2D eigenvalue weighted by atomic mass is 9.80. The summed E-state index contributed by atoms with van der Waals surface area (Å²) >= 11 is 0. The maximum Gasteiger partial charge on any atom is 0.333 e. The molecule has 0 saturated carbocycles. The summed E-state index contributed by atoms with van der Waals surface area (Å²) in [5.41, 5.74) is 10.8. The SMILES string of the molecule is CC=C(C)C(=O)OCc1c2c(c(OC)c3oc(Cc4c5c(c(OC)c6occ(C)c46)C=CCC5C)c(C)c13)C=CCC2C. The van der Waals surface area contributed by atoms with Gasteiger partial charge in [0.25, 0.3) is 0 Å². The quantitative estimate of drug-likeness (QED) is 0.160. The summed E-state index contributed by atoms with van der Waals surface area (Å²) in [6, 6.07) is 0. The molecular formula is C37H40O6. The van der Waals surface area contributed by atoms with Crippen LogP contribution in [-0.2, 0) is 22.6 Å². The summed E-state index contributed by atoms with van der Waals surface area (Å²) in [7, 11) is 3.40. The van der Waals surface area contributed by atoms with Crippen molar-refractivity contribution in [3.8, 4) is 11.5 Å². The lowest BCUT2D eigenvalue weighted by Gasteiger charge is -2.25. The summed E-state index contributed by atoms with van der Waals surface area (Å²) in [5.74, 6) is 2.60. The Morgan fingerprint density at radius 3 is 2.14 bits per heavy atom. The number of aryl methyl sites for hydroxylation is 2. The first-order chi connectivity index (χ1) is 20.7. The normalized spacial score (nSPS) is 17.8. The average molecular weight is 581 g/mol. The zero-order chi connectivity index (χ0) is 30.6. The van der Waals surface area contributed by atoms with Gasteiger partial charge in [0.05, 0.1) is 20.5 Å².